The van der Waals surface area contributed by atoms with Crippen LogP contribution in [0.5, 0.6) is 17.2 Å². The van der Waals surface area contributed by atoms with Crippen molar-refractivity contribution in [2.45, 2.75) is 32.7 Å². The van der Waals surface area contributed by atoms with E-state index in [-0.39, 0.29) is 16.3 Å². The Morgan fingerprint density at radius 3 is 2.52 bits per heavy atom. The highest BCUT2D eigenvalue weighted by molar-refractivity contribution is 6.31. The Kier molecular flexibility index (Phi) is 6.31. The molecule has 0 N–H and O–H groups in total. The van der Waals surface area contributed by atoms with Gasteiger partial charge >= 0.3 is 0 Å². The van der Waals surface area contributed by atoms with Crippen molar-refractivity contribution in [2.75, 3.05) is 20.3 Å². The highest BCUT2D eigenvalue weighted by Gasteiger charge is 2.19. The topological polar surface area (TPSA) is 62.6 Å². The van der Waals surface area contributed by atoms with Crippen LogP contribution >= 0.6 is 11.6 Å². The van der Waals surface area contributed by atoms with Crippen molar-refractivity contribution in [1.29, 1.82) is 0 Å². The fraction of sp³-hybridized carbons (Fsp3) is 0.444. The summed E-state index contributed by atoms with van der Waals surface area (Å²) in [5, 5.41) is 4.17. The maximum absolute atomic E-state index is 12.2. The predicted octanol–water partition coefficient (Wildman–Crippen LogP) is 3.51. The molecule has 0 saturated carbocycles. The lowest BCUT2D eigenvalue weighted by Gasteiger charge is -2.21. The van der Waals surface area contributed by atoms with Crippen LogP contribution in [-0.2, 0) is 5.54 Å². The molecule has 0 amide bonds. The van der Waals surface area contributed by atoms with Gasteiger partial charge in [0.1, 0.15) is 11.5 Å². The average Bonchev–Trinajstić information content (AvgIpc) is 2.57. The molecule has 2 aromatic rings. The van der Waals surface area contributed by atoms with Gasteiger partial charge in [0.15, 0.2) is 10.8 Å². The SMILES string of the molecule is COc1cccc(OCCCOc2cnn(C(C)(C)C)c(=O)c2Cl)c1. The van der Waals surface area contributed by atoms with Crippen LogP contribution in [-0.4, -0.2) is 30.1 Å². The number of ether oxygens (including phenoxy) is 3. The lowest BCUT2D eigenvalue weighted by Crippen LogP contribution is -2.36. The molecule has 6 nitrogen and oxygen atoms in total. The summed E-state index contributed by atoms with van der Waals surface area (Å²) in [7, 11) is 1.61. The Labute approximate surface area is 152 Å². The molecular formula is C18H23ClN2O4. The second-order valence-electron chi connectivity index (χ2n) is 6.44. The zero-order valence-corrected chi connectivity index (χ0v) is 15.7. The molecule has 7 heteroatoms. The van der Waals surface area contributed by atoms with E-state index in [1.54, 1.807) is 7.11 Å². The Morgan fingerprint density at radius 1 is 1.16 bits per heavy atom. The van der Waals surface area contributed by atoms with Crippen LogP contribution in [0.2, 0.25) is 5.02 Å². The minimum Gasteiger partial charge on any atom is -0.497 e. The van der Waals surface area contributed by atoms with E-state index in [0.29, 0.717) is 19.6 Å². The lowest BCUT2D eigenvalue weighted by atomic mass is 10.1. The molecule has 0 bridgehead atoms. The van der Waals surface area contributed by atoms with Gasteiger partial charge in [-0.3, -0.25) is 4.79 Å². The molecule has 0 aliphatic carbocycles. The molecule has 0 unspecified atom stereocenters. The van der Waals surface area contributed by atoms with Gasteiger partial charge in [-0.05, 0) is 32.9 Å². The minimum atomic E-state index is -0.441. The summed E-state index contributed by atoms with van der Waals surface area (Å²) in [6, 6.07) is 7.38. The van der Waals surface area contributed by atoms with Gasteiger partial charge in [-0.1, -0.05) is 17.7 Å². The summed E-state index contributed by atoms with van der Waals surface area (Å²) in [4.78, 5) is 12.2. The van der Waals surface area contributed by atoms with E-state index in [9.17, 15) is 4.79 Å². The predicted molar refractivity (Wildman–Crippen MR) is 97.1 cm³/mol. The van der Waals surface area contributed by atoms with E-state index in [0.717, 1.165) is 11.5 Å². The normalized spacial score (nSPS) is 11.2. The molecule has 1 heterocycles. The number of hydrogen-bond donors (Lipinski definition) is 0. The van der Waals surface area contributed by atoms with Gasteiger partial charge in [-0.15, -0.1) is 0 Å². The molecule has 136 valence electrons. The van der Waals surface area contributed by atoms with E-state index in [1.807, 2.05) is 45.0 Å². The fourth-order valence-corrected chi connectivity index (χ4v) is 2.30. The second-order valence-corrected chi connectivity index (χ2v) is 6.82. The molecule has 0 atom stereocenters. The third-order valence-corrected chi connectivity index (χ3v) is 3.73. The Hall–Kier alpha value is -2.21. The van der Waals surface area contributed by atoms with Crippen LogP contribution < -0.4 is 19.8 Å². The summed E-state index contributed by atoms with van der Waals surface area (Å²) in [5.41, 5.74) is -0.802. The van der Waals surface area contributed by atoms with Crippen molar-refractivity contribution in [3.05, 3.63) is 45.8 Å². The van der Waals surface area contributed by atoms with E-state index in [1.165, 1.54) is 10.9 Å². The van der Waals surface area contributed by atoms with Crippen molar-refractivity contribution in [3.63, 3.8) is 0 Å². The van der Waals surface area contributed by atoms with Crippen LogP contribution in [0.3, 0.4) is 0 Å². The monoisotopic (exact) mass is 366 g/mol. The van der Waals surface area contributed by atoms with E-state index in [4.69, 9.17) is 25.8 Å². The first kappa shape index (κ1) is 19.1. The standard InChI is InChI=1S/C18H23ClN2O4/c1-18(2,3)21-17(22)16(19)15(12-20-21)25-10-6-9-24-14-8-5-7-13(11-14)23-4/h5,7-8,11-12H,6,9-10H2,1-4H3. The zero-order chi connectivity index (χ0) is 18.4. The van der Waals surface area contributed by atoms with Gasteiger partial charge in [-0.25, -0.2) is 4.68 Å². The first-order valence-corrected chi connectivity index (χ1v) is 8.38. The first-order valence-electron chi connectivity index (χ1n) is 8.01. The van der Waals surface area contributed by atoms with E-state index < -0.39 is 5.54 Å². The van der Waals surface area contributed by atoms with Crippen LogP contribution in [0.25, 0.3) is 0 Å². The molecule has 0 aliphatic heterocycles. The summed E-state index contributed by atoms with van der Waals surface area (Å²) in [5.74, 6) is 1.76. The largest absolute Gasteiger partial charge is 0.497 e. The summed E-state index contributed by atoms with van der Waals surface area (Å²) >= 11 is 6.10. The van der Waals surface area contributed by atoms with Crippen molar-refractivity contribution < 1.29 is 14.2 Å². The van der Waals surface area contributed by atoms with E-state index >= 15 is 0 Å². The molecule has 0 radical (unpaired) electrons. The highest BCUT2D eigenvalue weighted by Crippen LogP contribution is 2.21. The smallest absolute Gasteiger partial charge is 0.289 e. The first-order chi connectivity index (χ1) is 11.8. The van der Waals surface area contributed by atoms with Gasteiger partial charge in [0.05, 0.1) is 32.1 Å². The molecule has 1 aromatic carbocycles. The van der Waals surface area contributed by atoms with Gasteiger partial charge in [0.2, 0.25) is 0 Å². The van der Waals surface area contributed by atoms with Gasteiger partial charge in [0, 0.05) is 12.5 Å². The van der Waals surface area contributed by atoms with Crippen molar-refractivity contribution >= 4 is 11.6 Å². The third-order valence-electron chi connectivity index (χ3n) is 3.38. The summed E-state index contributed by atoms with van der Waals surface area (Å²) in [6.45, 7) is 6.48. The van der Waals surface area contributed by atoms with Crippen LogP contribution in [0.1, 0.15) is 27.2 Å². The Bertz CT molecular complexity index is 768. The van der Waals surface area contributed by atoms with Crippen molar-refractivity contribution in [2.24, 2.45) is 0 Å². The van der Waals surface area contributed by atoms with Gasteiger partial charge in [-0.2, -0.15) is 5.10 Å². The second kappa shape index (κ2) is 8.25. The Balaban J connectivity index is 1.86. The molecule has 0 saturated heterocycles. The zero-order valence-electron chi connectivity index (χ0n) is 14.9. The average molecular weight is 367 g/mol. The summed E-state index contributed by atoms with van der Waals surface area (Å²) < 4.78 is 17.7. The number of nitrogens with zero attached hydrogens (tertiary/aromatic N) is 2. The maximum Gasteiger partial charge on any atom is 0.289 e. The van der Waals surface area contributed by atoms with Gasteiger partial charge in [0.25, 0.3) is 5.56 Å². The van der Waals surface area contributed by atoms with Gasteiger partial charge < -0.3 is 14.2 Å². The number of methoxy groups -OCH3 is 1. The molecule has 2 rings (SSSR count). The molecule has 0 fully saturated rings. The summed E-state index contributed by atoms with van der Waals surface area (Å²) in [6.07, 6.45) is 2.10. The van der Waals surface area contributed by atoms with Crippen LogP contribution in [0.15, 0.2) is 35.3 Å². The van der Waals surface area contributed by atoms with Crippen molar-refractivity contribution in [1.82, 2.24) is 9.78 Å². The molecule has 0 aliphatic rings. The third kappa shape index (κ3) is 5.13. The number of rotatable bonds is 7. The van der Waals surface area contributed by atoms with Crippen molar-refractivity contribution in [3.8, 4) is 17.2 Å². The molecule has 25 heavy (non-hydrogen) atoms. The minimum absolute atomic E-state index is 0.0404. The fourth-order valence-electron chi connectivity index (χ4n) is 2.12. The quantitative estimate of drug-likeness (QED) is 0.702. The maximum atomic E-state index is 12.2. The number of benzene rings is 1. The lowest BCUT2D eigenvalue weighted by molar-refractivity contribution is 0.244. The number of halogens is 1. The number of aromatic nitrogens is 2. The van der Waals surface area contributed by atoms with Crippen LogP contribution in [0, 0.1) is 0 Å². The molecular weight excluding hydrogens is 344 g/mol. The molecule has 1 aromatic heterocycles. The highest BCUT2D eigenvalue weighted by atomic mass is 35.5. The Morgan fingerprint density at radius 2 is 1.84 bits per heavy atom. The van der Waals surface area contributed by atoms with E-state index in [2.05, 4.69) is 5.10 Å². The van der Waals surface area contributed by atoms with Crippen LogP contribution in [0.4, 0.5) is 0 Å². The molecule has 0 spiro atoms. The number of hydrogen-bond acceptors (Lipinski definition) is 5.